The first-order valence-corrected chi connectivity index (χ1v) is 28.2. The molecule has 2 atom stereocenters. The van der Waals surface area contributed by atoms with Gasteiger partial charge in [-0.05, 0) is 83.5 Å². The number of carbonyl (C=O) groups is 2. The average molecular weight is 901 g/mol. The van der Waals surface area contributed by atoms with E-state index in [1.165, 1.54) is 212 Å². The third-order valence-electron chi connectivity index (χ3n) is 12.9. The van der Waals surface area contributed by atoms with E-state index in [1.54, 1.807) is 0 Å². The molecule has 0 saturated carbocycles. The number of rotatable bonds is 52. The van der Waals surface area contributed by atoms with E-state index in [1.807, 2.05) is 0 Å². The van der Waals surface area contributed by atoms with Crippen LogP contribution in [0.4, 0.5) is 0 Å². The summed E-state index contributed by atoms with van der Waals surface area (Å²) in [5.74, 6) is -0.0506. The number of aliphatic hydroxyl groups is 2. The maximum Gasteiger partial charge on any atom is 0.305 e. The Labute approximate surface area is 398 Å². The smallest absolute Gasteiger partial charge is 0.305 e. The predicted molar refractivity (Wildman–Crippen MR) is 278 cm³/mol. The van der Waals surface area contributed by atoms with Crippen LogP contribution < -0.4 is 5.32 Å². The summed E-state index contributed by atoms with van der Waals surface area (Å²) in [6.45, 7) is 4.91. The van der Waals surface area contributed by atoms with Crippen LogP contribution in [0.2, 0.25) is 0 Å². The Morgan fingerprint density at radius 1 is 0.438 bits per heavy atom. The van der Waals surface area contributed by atoms with E-state index < -0.39 is 12.1 Å². The molecule has 0 aromatic carbocycles. The topological polar surface area (TPSA) is 95.9 Å². The molecule has 6 nitrogen and oxygen atoms in total. The van der Waals surface area contributed by atoms with Gasteiger partial charge in [-0.3, -0.25) is 9.59 Å². The van der Waals surface area contributed by atoms with Crippen molar-refractivity contribution in [1.29, 1.82) is 0 Å². The van der Waals surface area contributed by atoms with Crippen molar-refractivity contribution >= 4 is 11.9 Å². The molecule has 0 aliphatic heterocycles. The molecule has 0 aliphatic carbocycles. The van der Waals surface area contributed by atoms with E-state index >= 15 is 0 Å². The normalized spacial score (nSPS) is 12.9. The molecule has 376 valence electrons. The van der Waals surface area contributed by atoms with Crippen molar-refractivity contribution in [3.05, 3.63) is 36.5 Å². The maximum atomic E-state index is 12.4. The molecule has 0 aromatic heterocycles. The average Bonchev–Trinajstić information content (AvgIpc) is 3.29. The summed E-state index contributed by atoms with van der Waals surface area (Å²) in [5, 5.41) is 23.1. The van der Waals surface area contributed by atoms with Crippen molar-refractivity contribution in [2.45, 2.75) is 309 Å². The van der Waals surface area contributed by atoms with Gasteiger partial charge in [0.1, 0.15) is 0 Å². The SMILES string of the molecule is CCCCCC/C=C\C/C=C\CCCCCCCCCC(=O)OCCCCCCCCCC/C=C\CCCCCCCCCC(=O)NC(CO)C(O)CCCCCCCCCCCC. The minimum absolute atomic E-state index is 0.00378. The van der Waals surface area contributed by atoms with Crippen molar-refractivity contribution in [2.75, 3.05) is 13.2 Å². The summed E-state index contributed by atoms with van der Waals surface area (Å²) >= 11 is 0. The van der Waals surface area contributed by atoms with Gasteiger partial charge in [-0.2, -0.15) is 0 Å². The van der Waals surface area contributed by atoms with Gasteiger partial charge in [0.15, 0.2) is 0 Å². The largest absolute Gasteiger partial charge is 0.466 e. The molecule has 0 saturated heterocycles. The van der Waals surface area contributed by atoms with Crippen LogP contribution in [-0.4, -0.2) is 47.4 Å². The second-order valence-electron chi connectivity index (χ2n) is 19.3. The van der Waals surface area contributed by atoms with Gasteiger partial charge in [0, 0.05) is 12.8 Å². The molecule has 0 radical (unpaired) electrons. The molecule has 0 spiro atoms. The number of ether oxygens (including phenoxy) is 1. The zero-order valence-corrected chi connectivity index (χ0v) is 42.8. The fraction of sp³-hybridized carbons (Fsp3) is 0.862. The second-order valence-corrected chi connectivity index (χ2v) is 19.3. The Kier molecular flexibility index (Phi) is 52.1. The van der Waals surface area contributed by atoms with Crippen molar-refractivity contribution in [2.24, 2.45) is 0 Å². The van der Waals surface area contributed by atoms with Gasteiger partial charge in [0.2, 0.25) is 5.91 Å². The van der Waals surface area contributed by atoms with Crippen LogP contribution >= 0.6 is 0 Å². The van der Waals surface area contributed by atoms with Gasteiger partial charge in [0.25, 0.3) is 0 Å². The van der Waals surface area contributed by atoms with E-state index in [9.17, 15) is 19.8 Å². The van der Waals surface area contributed by atoms with Gasteiger partial charge in [-0.25, -0.2) is 0 Å². The van der Waals surface area contributed by atoms with Crippen LogP contribution in [-0.2, 0) is 14.3 Å². The Bertz CT molecular complexity index is 1040. The van der Waals surface area contributed by atoms with E-state index in [2.05, 4.69) is 55.6 Å². The number of hydrogen-bond acceptors (Lipinski definition) is 5. The third kappa shape index (κ3) is 49.5. The molecular formula is C58H109NO5. The fourth-order valence-corrected chi connectivity index (χ4v) is 8.55. The molecule has 2 unspecified atom stereocenters. The summed E-state index contributed by atoms with van der Waals surface area (Å²) < 4.78 is 5.48. The van der Waals surface area contributed by atoms with Crippen LogP contribution in [0.1, 0.15) is 296 Å². The molecule has 1 amide bonds. The summed E-state index contributed by atoms with van der Waals surface area (Å²) in [6.07, 6.45) is 65.6. The van der Waals surface area contributed by atoms with Gasteiger partial charge in [-0.1, -0.05) is 237 Å². The molecule has 0 fully saturated rings. The van der Waals surface area contributed by atoms with Crippen LogP contribution in [0.5, 0.6) is 0 Å². The number of unbranched alkanes of at least 4 members (excludes halogenated alkanes) is 35. The number of amides is 1. The van der Waals surface area contributed by atoms with Gasteiger partial charge >= 0.3 is 5.97 Å². The van der Waals surface area contributed by atoms with E-state index in [0.717, 1.165) is 51.4 Å². The Hall–Kier alpha value is -1.92. The Morgan fingerprint density at radius 2 is 0.781 bits per heavy atom. The number of esters is 1. The lowest BCUT2D eigenvalue weighted by Crippen LogP contribution is -2.45. The quantitative estimate of drug-likeness (QED) is 0.0321. The number of carbonyl (C=O) groups excluding carboxylic acids is 2. The van der Waals surface area contributed by atoms with E-state index in [0.29, 0.717) is 25.9 Å². The molecule has 0 rings (SSSR count). The number of hydrogen-bond donors (Lipinski definition) is 3. The maximum absolute atomic E-state index is 12.4. The lowest BCUT2D eigenvalue weighted by atomic mass is 10.0. The minimum atomic E-state index is -0.669. The first-order chi connectivity index (χ1) is 31.5. The molecule has 0 heterocycles. The number of nitrogens with one attached hydrogen (secondary N) is 1. The molecular weight excluding hydrogens is 791 g/mol. The highest BCUT2D eigenvalue weighted by atomic mass is 16.5. The van der Waals surface area contributed by atoms with Crippen molar-refractivity contribution < 1.29 is 24.5 Å². The van der Waals surface area contributed by atoms with Crippen LogP contribution in [0, 0.1) is 0 Å². The standard InChI is InChI=1S/C58H109NO5/c1-3-5-7-9-11-13-15-16-17-18-23-26-29-32-36-40-44-48-52-58(63)64-53-49-45-41-37-33-30-27-24-21-19-20-22-25-28-31-35-39-43-47-51-57(62)59-55(54-60)56(61)50-46-42-38-34-14-12-10-8-6-4-2/h13,15,17-20,55-56,60-61H,3-12,14,16,21-54H2,1-2H3,(H,59,62)/b15-13-,18-17-,20-19-. The van der Waals surface area contributed by atoms with Gasteiger partial charge in [-0.15, -0.1) is 0 Å². The fourth-order valence-electron chi connectivity index (χ4n) is 8.55. The molecule has 0 aliphatic rings. The zero-order valence-electron chi connectivity index (χ0n) is 42.8. The predicted octanol–water partition coefficient (Wildman–Crippen LogP) is 17.2. The van der Waals surface area contributed by atoms with Crippen LogP contribution in [0.15, 0.2) is 36.5 Å². The number of allylic oxidation sites excluding steroid dienone is 6. The van der Waals surface area contributed by atoms with Crippen molar-refractivity contribution in [3.8, 4) is 0 Å². The van der Waals surface area contributed by atoms with Crippen LogP contribution in [0.3, 0.4) is 0 Å². The summed E-state index contributed by atoms with van der Waals surface area (Å²) in [5.41, 5.74) is 0. The molecule has 64 heavy (non-hydrogen) atoms. The first kappa shape index (κ1) is 62.1. The monoisotopic (exact) mass is 900 g/mol. The minimum Gasteiger partial charge on any atom is -0.466 e. The summed E-state index contributed by atoms with van der Waals surface area (Å²) in [4.78, 5) is 24.5. The zero-order chi connectivity index (χ0) is 46.5. The Balaban J connectivity index is 3.42. The van der Waals surface area contributed by atoms with Gasteiger partial charge < -0.3 is 20.3 Å². The third-order valence-corrected chi connectivity index (χ3v) is 12.9. The van der Waals surface area contributed by atoms with Gasteiger partial charge in [0.05, 0.1) is 25.4 Å². The lowest BCUT2D eigenvalue weighted by Gasteiger charge is -2.22. The second kappa shape index (κ2) is 53.7. The lowest BCUT2D eigenvalue weighted by molar-refractivity contribution is -0.143. The highest BCUT2D eigenvalue weighted by molar-refractivity contribution is 5.76. The summed E-state index contributed by atoms with van der Waals surface area (Å²) in [6, 6.07) is -0.547. The van der Waals surface area contributed by atoms with E-state index in [-0.39, 0.29) is 18.5 Å². The Morgan fingerprint density at radius 3 is 1.22 bits per heavy atom. The first-order valence-electron chi connectivity index (χ1n) is 28.2. The highest BCUT2D eigenvalue weighted by Gasteiger charge is 2.20. The number of aliphatic hydroxyl groups excluding tert-OH is 2. The molecule has 6 heteroatoms. The van der Waals surface area contributed by atoms with Crippen molar-refractivity contribution in [1.82, 2.24) is 5.32 Å². The molecule has 0 bridgehead atoms. The van der Waals surface area contributed by atoms with Crippen LogP contribution in [0.25, 0.3) is 0 Å². The van der Waals surface area contributed by atoms with E-state index in [4.69, 9.17) is 4.74 Å². The molecule has 0 aromatic rings. The molecule has 3 N–H and O–H groups in total. The highest BCUT2D eigenvalue weighted by Crippen LogP contribution is 2.16. The van der Waals surface area contributed by atoms with Crippen molar-refractivity contribution in [3.63, 3.8) is 0 Å². The summed E-state index contributed by atoms with van der Waals surface area (Å²) in [7, 11) is 0.